The van der Waals surface area contributed by atoms with Crippen LogP contribution in [0.1, 0.15) is 40.7 Å². The summed E-state index contributed by atoms with van der Waals surface area (Å²) < 4.78 is 0. The normalized spacial score (nSPS) is 18.3. The SMILES string of the molecule is Cc1nc(C)c(C(=O)C2=NN(c3ccc(Cl)cc3)[C@@H]3N[C@H]2N(c2ccc(Cl)cc2)N=C3C(=O)c2sc(C)nc2C)s1. The number of carbonyl (C=O) groups excluding carboxylic acids is 2. The minimum absolute atomic E-state index is 0.206. The lowest BCUT2D eigenvalue weighted by atomic mass is 10.0. The highest BCUT2D eigenvalue weighted by molar-refractivity contribution is 7.15. The third-order valence-electron chi connectivity index (χ3n) is 6.62. The monoisotopic (exact) mass is 623 g/mol. The molecule has 4 heterocycles. The molecule has 2 aromatic carbocycles. The van der Waals surface area contributed by atoms with E-state index in [2.05, 4.69) is 15.3 Å². The molecule has 0 saturated heterocycles. The van der Waals surface area contributed by atoms with Crippen molar-refractivity contribution < 1.29 is 9.59 Å². The average molecular weight is 625 g/mol. The highest BCUT2D eigenvalue weighted by Crippen LogP contribution is 2.33. The number of aromatic nitrogens is 2. The van der Waals surface area contributed by atoms with Crippen LogP contribution in [-0.4, -0.2) is 45.3 Å². The van der Waals surface area contributed by atoms with Crippen molar-refractivity contribution in [1.29, 1.82) is 0 Å². The third-order valence-corrected chi connectivity index (χ3v) is 9.27. The summed E-state index contributed by atoms with van der Waals surface area (Å²) in [6.45, 7) is 7.33. The van der Waals surface area contributed by atoms with Crippen molar-refractivity contribution in [3.8, 4) is 0 Å². The summed E-state index contributed by atoms with van der Waals surface area (Å²) in [5.41, 5.74) is 2.93. The zero-order chi connectivity index (χ0) is 29.0. The molecule has 6 rings (SSSR count). The number of hydrazone groups is 2. The van der Waals surface area contributed by atoms with Crippen LogP contribution in [0, 0.1) is 27.7 Å². The highest BCUT2D eigenvalue weighted by atomic mass is 35.5. The number of nitrogens with zero attached hydrogens (tertiary/aromatic N) is 6. The molecule has 1 N–H and O–H groups in total. The number of carbonyl (C=O) groups is 2. The number of nitrogens with one attached hydrogen (secondary N) is 1. The van der Waals surface area contributed by atoms with Gasteiger partial charge in [-0.3, -0.25) is 14.9 Å². The molecule has 41 heavy (non-hydrogen) atoms. The van der Waals surface area contributed by atoms with Crippen molar-refractivity contribution in [1.82, 2.24) is 15.3 Å². The maximum Gasteiger partial charge on any atom is 0.224 e. The second kappa shape index (κ2) is 10.7. The molecule has 0 saturated carbocycles. The Balaban J connectivity index is 1.54. The molecule has 0 radical (unpaired) electrons. The molecule has 2 aromatic heterocycles. The van der Waals surface area contributed by atoms with Crippen molar-refractivity contribution in [2.24, 2.45) is 10.2 Å². The van der Waals surface area contributed by atoms with Crippen LogP contribution in [0.2, 0.25) is 10.0 Å². The van der Waals surface area contributed by atoms with Crippen LogP contribution >= 0.6 is 45.9 Å². The van der Waals surface area contributed by atoms with Gasteiger partial charge in [0.2, 0.25) is 11.6 Å². The molecule has 2 aliphatic heterocycles. The number of benzene rings is 2. The number of Topliss-reactive ketones (excluding diaryl/α,β-unsaturated/α-hetero) is 2. The van der Waals surface area contributed by atoms with Crippen LogP contribution in [0.25, 0.3) is 0 Å². The van der Waals surface area contributed by atoms with Crippen molar-refractivity contribution in [3.63, 3.8) is 0 Å². The highest BCUT2D eigenvalue weighted by Gasteiger charge is 2.47. The number of aryl methyl sites for hydroxylation is 4. The first-order valence-corrected chi connectivity index (χ1v) is 15.0. The summed E-state index contributed by atoms with van der Waals surface area (Å²) in [5.74, 6) is -0.554. The Kier molecular flexibility index (Phi) is 7.25. The zero-order valence-electron chi connectivity index (χ0n) is 22.3. The minimum atomic E-state index is -0.778. The molecule has 9 nitrogen and oxygen atoms in total. The standard InChI is InChI=1S/C28H23Cl2N7O2S2/c1-13-25(40-15(3)31-13)23(38)21-27-33-28(37(34-21)20-11-7-18(30)8-12-20)22(24(39)26-14(2)32-16(4)41-26)35-36(27)19-9-5-17(29)6-10-19/h5-12,27-28,33H,1-4H3/t27-,28-/m0/s1. The summed E-state index contributed by atoms with van der Waals surface area (Å²) >= 11 is 15.0. The maximum absolute atomic E-state index is 14.1. The largest absolute Gasteiger partial charge is 0.286 e. The van der Waals surface area contributed by atoms with Crippen LogP contribution in [0.15, 0.2) is 58.7 Å². The lowest BCUT2D eigenvalue weighted by molar-refractivity contribution is 0.106. The maximum atomic E-state index is 14.1. The summed E-state index contributed by atoms with van der Waals surface area (Å²) in [5, 5.41) is 19.2. The fourth-order valence-corrected chi connectivity index (χ4v) is 6.78. The van der Waals surface area contributed by atoms with E-state index in [1.807, 2.05) is 13.8 Å². The van der Waals surface area contributed by atoms with Crippen molar-refractivity contribution in [3.05, 3.63) is 89.7 Å². The molecule has 0 fully saturated rings. The van der Waals surface area contributed by atoms with E-state index in [9.17, 15) is 9.59 Å². The van der Waals surface area contributed by atoms with Crippen molar-refractivity contribution in [2.45, 2.75) is 40.0 Å². The predicted octanol–water partition coefficient (Wildman–Crippen LogP) is 6.20. The van der Waals surface area contributed by atoms with Crippen LogP contribution in [0.5, 0.6) is 0 Å². The Morgan fingerprint density at radius 2 is 1.05 bits per heavy atom. The molecule has 208 valence electrons. The number of thiazole rings is 2. The van der Waals surface area contributed by atoms with Gasteiger partial charge in [-0.25, -0.2) is 20.0 Å². The van der Waals surface area contributed by atoms with Gasteiger partial charge in [0.25, 0.3) is 0 Å². The van der Waals surface area contributed by atoms with Gasteiger partial charge >= 0.3 is 0 Å². The van der Waals surface area contributed by atoms with E-state index in [1.165, 1.54) is 22.7 Å². The molecule has 0 unspecified atom stereocenters. The first-order valence-electron chi connectivity index (χ1n) is 12.6. The van der Waals surface area contributed by atoms with Gasteiger partial charge in [0.05, 0.1) is 42.5 Å². The van der Waals surface area contributed by atoms with Crippen LogP contribution < -0.4 is 15.3 Å². The van der Waals surface area contributed by atoms with E-state index in [0.717, 1.165) is 10.0 Å². The summed E-state index contributed by atoms with van der Waals surface area (Å²) in [6.07, 6.45) is -1.56. The van der Waals surface area contributed by atoms with E-state index in [1.54, 1.807) is 72.4 Å². The van der Waals surface area contributed by atoms with Gasteiger partial charge in [-0.1, -0.05) is 23.2 Å². The van der Waals surface area contributed by atoms with Gasteiger partial charge < -0.3 is 0 Å². The second-order valence-electron chi connectivity index (χ2n) is 9.54. The quantitative estimate of drug-likeness (QED) is 0.255. The van der Waals surface area contributed by atoms with E-state index >= 15 is 0 Å². The predicted molar refractivity (Wildman–Crippen MR) is 165 cm³/mol. The minimum Gasteiger partial charge on any atom is -0.286 e. The molecule has 13 heteroatoms. The van der Waals surface area contributed by atoms with E-state index < -0.39 is 12.3 Å². The lowest BCUT2D eigenvalue weighted by Crippen LogP contribution is -2.69. The molecule has 2 aliphatic rings. The summed E-state index contributed by atoms with van der Waals surface area (Å²) in [4.78, 5) is 38.0. The first-order chi connectivity index (χ1) is 19.6. The van der Waals surface area contributed by atoms with Gasteiger partial charge in [-0.15, -0.1) is 22.7 Å². The topological polar surface area (TPSA) is 103 Å². The fraction of sp³-hybridized carbons (Fsp3) is 0.214. The zero-order valence-corrected chi connectivity index (χ0v) is 25.5. The second-order valence-corrected chi connectivity index (χ2v) is 12.8. The van der Waals surface area contributed by atoms with Crippen LogP contribution in [-0.2, 0) is 0 Å². The van der Waals surface area contributed by atoms with Crippen molar-refractivity contribution in [2.75, 3.05) is 10.0 Å². The average Bonchev–Trinajstić information content (AvgIpc) is 3.48. The number of ketones is 2. The Morgan fingerprint density at radius 3 is 1.37 bits per heavy atom. The molecule has 0 spiro atoms. The van der Waals surface area contributed by atoms with E-state index in [-0.39, 0.29) is 23.0 Å². The van der Waals surface area contributed by atoms with Gasteiger partial charge in [0, 0.05) is 10.0 Å². The Bertz CT molecular complexity index is 1620. The molecule has 2 bridgehead atoms. The molecule has 2 atom stereocenters. The molecular weight excluding hydrogens is 601 g/mol. The molecule has 0 aliphatic carbocycles. The van der Waals surface area contributed by atoms with Gasteiger partial charge in [0.15, 0.2) is 12.3 Å². The number of anilines is 2. The molecular formula is C28H23Cl2N7O2S2. The number of hydrogen-bond acceptors (Lipinski definition) is 11. The number of fused-ring (bicyclic) bond motifs is 2. The van der Waals surface area contributed by atoms with Crippen molar-refractivity contribution >= 4 is 80.2 Å². The summed E-state index contributed by atoms with van der Waals surface area (Å²) in [6, 6.07) is 14.1. The first kappa shape index (κ1) is 27.7. The van der Waals surface area contributed by atoms with Crippen LogP contribution in [0.4, 0.5) is 11.4 Å². The molecule has 0 amide bonds. The smallest absolute Gasteiger partial charge is 0.224 e. The number of halogens is 2. The lowest BCUT2D eigenvalue weighted by Gasteiger charge is -2.45. The fourth-order valence-electron chi connectivity index (χ4n) is 4.79. The van der Waals surface area contributed by atoms with E-state index in [0.29, 0.717) is 42.6 Å². The Hall–Kier alpha value is -3.48. The molecule has 4 aromatic rings. The van der Waals surface area contributed by atoms with Gasteiger partial charge in [-0.05, 0) is 76.2 Å². The number of hydrogen-bond donors (Lipinski definition) is 1. The Morgan fingerprint density at radius 1 is 0.683 bits per heavy atom. The van der Waals surface area contributed by atoms with Crippen LogP contribution in [0.3, 0.4) is 0 Å². The van der Waals surface area contributed by atoms with E-state index in [4.69, 9.17) is 33.4 Å². The number of rotatable bonds is 6. The third kappa shape index (κ3) is 5.08. The summed E-state index contributed by atoms with van der Waals surface area (Å²) in [7, 11) is 0. The van der Waals surface area contributed by atoms with Gasteiger partial charge in [0.1, 0.15) is 11.4 Å². The van der Waals surface area contributed by atoms with Gasteiger partial charge in [-0.2, -0.15) is 10.2 Å². The Labute approximate surface area is 254 Å².